The fraction of sp³-hybridized carbons (Fsp3) is 0.969. The van der Waals surface area contributed by atoms with Crippen LogP contribution in [0.15, 0.2) is 0 Å². The Morgan fingerprint density at radius 3 is 0.750 bits per heavy atom. The van der Waals surface area contributed by atoms with Crippen molar-refractivity contribution in [1.29, 1.82) is 0 Å². The lowest BCUT2D eigenvalue weighted by Crippen LogP contribution is -2.38. The molecule has 80 heavy (non-hydrogen) atoms. The van der Waals surface area contributed by atoms with Crippen LogP contribution < -0.4 is 0 Å². The number of amides is 1. The summed E-state index contributed by atoms with van der Waals surface area (Å²) in [5, 5.41) is -0.271. The molecular weight excluding hydrogens is 1080 g/mol. The molecular formula is C64H145N3O9S4. The van der Waals surface area contributed by atoms with Crippen molar-refractivity contribution in [3.8, 4) is 0 Å². The van der Waals surface area contributed by atoms with Crippen LogP contribution in [0.4, 0.5) is 0 Å². The highest BCUT2D eigenvalue weighted by Crippen LogP contribution is 2.35. The van der Waals surface area contributed by atoms with Gasteiger partial charge in [0.05, 0.1) is 31.7 Å². The van der Waals surface area contributed by atoms with E-state index in [0.29, 0.717) is 26.1 Å². The number of hydrogen-bond acceptors (Lipinski definition) is 10. The number of Topliss-reactive ketones (excluding diaryl/α,β-unsaturated/α-hetero) is 1. The van der Waals surface area contributed by atoms with E-state index < -0.39 is 39.4 Å². The van der Waals surface area contributed by atoms with Gasteiger partial charge in [-0.2, -0.15) is 11.8 Å². The number of hydrogen-bond donors (Lipinski definition) is 0. The zero-order valence-electron chi connectivity index (χ0n) is 62.1. The number of thioether (sulfide) groups is 1. The van der Waals surface area contributed by atoms with Crippen molar-refractivity contribution in [2.75, 3.05) is 48.0 Å². The van der Waals surface area contributed by atoms with Gasteiger partial charge in [0.1, 0.15) is 5.78 Å². The van der Waals surface area contributed by atoms with Gasteiger partial charge in [-0.3, -0.25) is 9.59 Å². The standard InChI is InChI=1S/C9H20.C8H18O.C8H16O.C8H18S.C7H17NO2S.C7H16O2S.C6H15NO2S.C6H13NO.C5H12/c1-8(2,3)7-9(4,5)6;1-7(2,3)9-8(4,5)6;1-6(2)7(9)8(3,4)5;1-7(2,3)9-8(4,5)6;1-7(2,3)6-11(9,10)8(4)5;1-6(2)10(8,9)7(3,4)5;1-6(2,3)10(8,9)7(4)5;1-5(2)6(8)7(3)4;1-4-5(2)3/h7H2,1-6H3;1-6H3;6H,1-5H3;1-6H3;6H2,1-5H3;6H,1-5H3;1-5H3;5H,1-4H3;5H,4H2,1-3H3. The van der Waals surface area contributed by atoms with Gasteiger partial charge in [0.15, 0.2) is 9.84 Å². The molecule has 16 heteroatoms. The van der Waals surface area contributed by atoms with Gasteiger partial charge in [-0.05, 0) is 126 Å². The zero-order chi connectivity index (χ0) is 68.2. The predicted molar refractivity (Wildman–Crippen MR) is 362 cm³/mol. The summed E-state index contributed by atoms with van der Waals surface area (Å²) >= 11 is 2.01. The lowest BCUT2D eigenvalue weighted by atomic mass is 9.78. The number of sulfonamides is 2. The Labute approximate surface area is 509 Å². The number of sulfone groups is 1. The molecule has 0 spiro atoms. The van der Waals surface area contributed by atoms with Crippen molar-refractivity contribution in [2.24, 2.45) is 39.4 Å². The molecule has 0 aromatic rings. The Morgan fingerprint density at radius 2 is 0.738 bits per heavy atom. The summed E-state index contributed by atoms with van der Waals surface area (Å²) in [6.07, 6.45) is 2.60. The lowest BCUT2D eigenvalue weighted by Gasteiger charge is -2.30. The van der Waals surface area contributed by atoms with E-state index >= 15 is 0 Å². The molecule has 0 aromatic heterocycles. The van der Waals surface area contributed by atoms with Crippen LogP contribution in [0.3, 0.4) is 0 Å². The Kier molecular flexibility index (Phi) is 48.0. The number of carbonyl (C=O) groups is 2. The minimum absolute atomic E-state index is 0.0156. The van der Waals surface area contributed by atoms with E-state index in [0.717, 1.165) is 5.92 Å². The minimum atomic E-state index is -3.08. The number of ketones is 1. The topological polar surface area (TPSA) is 156 Å². The maximum absolute atomic E-state index is 11.4. The summed E-state index contributed by atoms with van der Waals surface area (Å²) in [6, 6.07) is 0. The highest BCUT2D eigenvalue weighted by atomic mass is 32.2. The molecule has 0 N–H and O–H groups in total. The van der Waals surface area contributed by atoms with Gasteiger partial charge >= 0.3 is 0 Å². The molecule has 494 valence electrons. The van der Waals surface area contributed by atoms with Crippen molar-refractivity contribution in [1.82, 2.24) is 13.5 Å². The molecule has 0 atom stereocenters. The third kappa shape index (κ3) is 71.5. The second-order valence-electron chi connectivity index (χ2n) is 33.1. The molecule has 0 aliphatic rings. The van der Waals surface area contributed by atoms with Crippen LogP contribution in [-0.4, -0.2) is 134 Å². The molecule has 0 saturated heterocycles. The number of rotatable bonds is 7. The maximum Gasteiger partial charge on any atom is 0.224 e. The molecule has 1 amide bonds. The number of carbonyl (C=O) groups excluding carboxylic acids is 2. The van der Waals surface area contributed by atoms with Crippen LogP contribution >= 0.6 is 11.8 Å². The Hall–Kier alpha value is -0.780. The molecule has 0 fully saturated rings. The molecule has 0 aliphatic carbocycles. The highest BCUT2D eigenvalue weighted by molar-refractivity contribution is 8.01. The highest BCUT2D eigenvalue weighted by Gasteiger charge is 2.32. The average molecular weight is 1230 g/mol. The van der Waals surface area contributed by atoms with Gasteiger partial charge in [0, 0.05) is 69.0 Å². The summed E-state index contributed by atoms with van der Waals surface area (Å²) in [4.78, 5) is 23.5. The summed E-state index contributed by atoms with van der Waals surface area (Å²) in [6.45, 7) is 79.2. The number of nitrogens with zero attached hydrogens (tertiary/aromatic N) is 3. The molecule has 0 unspecified atom stereocenters. The first kappa shape index (κ1) is 98.3. The predicted octanol–water partition coefficient (Wildman–Crippen LogP) is 17.6. The van der Waals surface area contributed by atoms with Crippen molar-refractivity contribution in [3.63, 3.8) is 0 Å². The minimum Gasteiger partial charge on any atom is -0.370 e. The van der Waals surface area contributed by atoms with E-state index in [4.69, 9.17) is 4.74 Å². The normalized spacial score (nSPS) is 13.1. The van der Waals surface area contributed by atoms with Crippen molar-refractivity contribution in [2.45, 2.75) is 318 Å². The van der Waals surface area contributed by atoms with Crippen molar-refractivity contribution >= 4 is 53.3 Å². The first-order valence-corrected chi connectivity index (χ1v) is 34.5. The fourth-order valence-electron chi connectivity index (χ4n) is 6.74. The quantitative estimate of drug-likeness (QED) is 0.240. The van der Waals surface area contributed by atoms with E-state index in [1.165, 1.54) is 21.5 Å². The molecule has 0 saturated carbocycles. The summed E-state index contributed by atoms with van der Waals surface area (Å²) in [7, 11) is 0.712. The molecule has 0 heterocycles. The Bertz CT molecular complexity index is 1780. The third-order valence-electron chi connectivity index (χ3n) is 9.20. The van der Waals surface area contributed by atoms with E-state index in [-0.39, 0.29) is 50.8 Å². The fourth-order valence-corrected chi connectivity index (χ4v) is 12.4. The summed E-state index contributed by atoms with van der Waals surface area (Å²) < 4.78 is 75.4. The maximum atomic E-state index is 11.4. The lowest BCUT2D eigenvalue weighted by molar-refractivity contribution is -0.132. The van der Waals surface area contributed by atoms with E-state index in [1.54, 1.807) is 103 Å². The van der Waals surface area contributed by atoms with Crippen LogP contribution in [0.2, 0.25) is 0 Å². The first-order valence-electron chi connectivity index (χ1n) is 29.1. The second-order valence-corrected chi connectivity index (χ2v) is 44.1. The van der Waals surface area contributed by atoms with E-state index in [2.05, 4.69) is 145 Å². The monoisotopic (exact) mass is 1230 g/mol. The van der Waals surface area contributed by atoms with Gasteiger partial charge in [0.25, 0.3) is 0 Å². The largest absolute Gasteiger partial charge is 0.370 e. The zero-order valence-corrected chi connectivity index (χ0v) is 65.3. The van der Waals surface area contributed by atoms with Gasteiger partial charge in [0.2, 0.25) is 26.0 Å². The third-order valence-corrected chi connectivity index (χ3v) is 18.2. The molecule has 0 radical (unpaired) electrons. The molecule has 0 aromatic carbocycles. The Morgan fingerprint density at radius 1 is 0.450 bits per heavy atom. The molecule has 0 bridgehead atoms. The van der Waals surface area contributed by atoms with Crippen LogP contribution in [0.25, 0.3) is 0 Å². The molecule has 0 rings (SSSR count). The number of ether oxygens (including phenoxy) is 1. The van der Waals surface area contributed by atoms with Crippen molar-refractivity contribution < 1.29 is 39.6 Å². The van der Waals surface area contributed by atoms with Crippen molar-refractivity contribution in [3.05, 3.63) is 0 Å². The summed E-state index contributed by atoms with van der Waals surface area (Å²) in [5.41, 5.74) is 0.615. The van der Waals surface area contributed by atoms with E-state index in [1.807, 2.05) is 81.0 Å². The molecule has 0 aliphatic heterocycles. The SMILES string of the molecule is CC(C)(C)CC(C)(C)C.CC(C)(C)OC(C)(C)C.CC(C)(C)SC(C)(C)C.CC(C)C(=O)C(C)(C)C.CC(C)C(=O)N(C)C.CC(C)S(=O)(=O)C(C)(C)C.CCC(C)C.CN(C)S(=O)(=O)C(C)(C)C.CN(C)S(=O)(=O)CC(C)(C)C. The van der Waals surface area contributed by atoms with Gasteiger partial charge < -0.3 is 9.64 Å². The first-order chi connectivity index (χ1) is 33.8. The van der Waals surface area contributed by atoms with Crippen LogP contribution in [0.1, 0.15) is 283 Å². The smallest absolute Gasteiger partial charge is 0.224 e. The van der Waals surface area contributed by atoms with E-state index in [9.17, 15) is 34.8 Å². The van der Waals surface area contributed by atoms with Crippen LogP contribution in [0, 0.1) is 39.4 Å². The second kappa shape index (κ2) is 39.1. The summed E-state index contributed by atoms with van der Waals surface area (Å²) in [5.74, 6) is 1.91. The Balaban J connectivity index is -0.000000102. The molecule has 12 nitrogen and oxygen atoms in total. The van der Waals surface area contributed by atoms with Gasteiger partial charge in [-0.25, -0.2) is 33.9 Å². The average Bonchev–Trinajstić information content (AvgIpc) is 3.09. The van der Waals surface area contributed by atoms with Gasteiger partial charge in [-0.15, -0.1) is 0 Å². The van der Waals surface area contributed by atoms with Crippen LogP contribution in [-0.2, 0) is 44.2 Å². The van der Waals surface area contributed by atoms with Crippen LogP contribution in [0.5, 0.6) is 0 Å². The van der Waals surface area contributed by atoms with Gasteiger partial charge in [-0.1, -0.05) is 180 Å².